The number of ketones is 1. The van der Waals surface area contributed by atoms with Gasteiger partial charge in [-0.1, -0.05) is 19.4 Å². The molecule has 0 heterocycles. The molecule has 0 saturated heterocycles. The zero-order valence-corrected chi connectivity index (χ0v) is 11.8. The summed E-state index contributed by atoms with van der Waals surface area (Å²) in [7, 11) is 0. The van der Waals surface area contributed by atoms with Crippen LogP contribution in [0.15, 0.2) is 24.3 Å². The molecular weight excluding hydrogens is 258 g/mol. The lowest BCUT2D eigenvalue weighted by atomic mass is 10.2. The predicted molar refractivity (Wildman–Crippen MR) is 75.5 cm³/mol. The van der Waals surface area contributed by atoms with Crippen molar-refractivity contribution < 1.29 is 19.1 Å². The lowest BCUT2D eigenvalue weighted by Crippen LogP contribution is -2.15. The molecule has 1 N–H and O–H groups in total. The molecule has 0 aromatic heterocycles. The molecule has 0 aliphatic rings. The van der Waals surface area contributed by atoms with Crippen LogP contribution in [0.2, 0.25) is 0 Å². The van der Waals surface area contributed by atoms with Crippen molar-refractivity contribution in [2.24, 2.45) is 0 Å². The molecule has 1 rings (SSSR count). The Morgan fingerprint density at radius 1 is 1.25 bits per heavy atom. The molecule has 1 amide bonds. The summed E-state index contributed by atoms with van der Waals surface area (Å²) >= 11 is 0. The van der Waals surface area contributed by atoms with Crippen LogP contribution in [0.4, 0.5) is 5.69 Å². The predicted octanol–water partition coefficient (Wildman–Crippen LogP) is 2.70. The number of hydrogen-bond donors (Lipinski definition) is 1. The summed E-state index contributed by atoms with van der Waals surface area (Å²) in [6.07, 6.45) is 1.92. The second kappa shape index (κ2) is 8.09. The number of unbranched alkanes of at least 4 members (excludes halogenated alkanes) is 1. The fourth-order valence-corrected chi connectivity index (χ4v) is 1.57. The first-order chi connectivity index (χ1) is 9.51. The number of nitrogens with one attached hydrogen (secondary N) is 1. The van der Waals surface area contributed by atoms with Gasteiger partial charge in [-0.3, -0.25) is 14.4 Å². The van der Waals surface area contributed by atoms with E-state index in [2.05, 4.69) is 5.32 Å². The minimum absolute atomic E-state index is 0.166. The molecule has 0 bridgehead atoms. The summed E-state index contributed by atoms with van der Waals surface area (Å²) in [6, 6.07) is 6.54. The summed E-state index contributed by atoms with van der Waals surface area (Å²) in [5.74, 6) is -0.498. The van der Waals surface area contributed by atoms with Crippen molar-refractivity contribution >= 4 is 23.3 Å². The van der Waals surface area contributed by atoms with Gasteiger partial charge in [-0.2, -0.15) is 0 Å². The van der Waals surface area contributed by atoms with Crippen molar-refractivity contribution in [3.05, 3.63) is 24.3 Å². The SMILES string of the molecule is CCCCC(=O)Oc1cccc(NC(=O)CC(C)=O)c1. The van der Waals surface area contributed by atoms with Crippen LogP contribution < -0.4 is 10.1 Å². The molecule has 1 aromatic rings. The van der Waals surface area contributed by atoms with Crippen molar-refractivity contribution in [2.45, 2.75) is 39.5 Å². The van der Waals surface area contributed by atoms with Gasteiger partial charge in [-0.15, -0.1) is 0 Å². The number of anilines is 1. The van der Waals surface area contributed by atoms with E-state index in [-0.39, 0.29) is 24.1 Å². The number of benzene rings is 1. The van der Waals surface area contributed by atoms with Crippen LogP contribution >= 0.6 is 0 Å². The Bertz CT molecular complexity index is 496. The van der Waals surface area contributed by atoms with Crippen LogP contribution in [0.1, 0.15) is 39.5 Å². The van der Waals surface area contributed by atoms with Gasteiger partial charge >= 0.3 is 5.97 Å². The number of hydrogen-bond acceptors (Lipinski definition) is 4. The number of rotatable bonds is 7. The zero-order valence-electron chi connectivity index (χ0n) is 11.8. The second-order valence-electron chi connectivity index (χ2n) is 4.53. The van der Waals surface area contributed by atoms with Gasteiger partial charge in [0.2, 0.25) is 5.91 Å². The normalized spacial score (nSPS) is 9.90. The Morgan fingerprint density at radius 2 is 2.00 bits per heavy atom. The van der Waals surface area contributed by atoms with Crippen molar-refractivity contribution in [3.8, 4) is 5.75 Å². The lowest BCUT2D eigenvalue weighted by Gasteiger charge is -2.07. The van der Waals surface area contributed by atoms with E-state index in [1.54, 1.807) is 24.3 Å². The van der Waals surface area contributed by atoms with Gasteiger partial charge in [-0.05, 0) is 25.5 Å². The van der Waals surface area contributed by atoms with Crippen LogP contribution in [0, 0.1) is 0 Å². The molecule has 0 aliphatic carbocycles. The van der Waals surface area contributed by atoms with Gasteiger partial charge < -0.3 is 10.1 Å². The van der Waals surface area contributed by atoms with E-state index in [4.69, 9.17) is 4.74 Å². The van der Waals surface area contributed by atoms with E-state index in [0.717, 1.165) is 12.8 Å². The second-order valence-corrected chi connectivity index (χ2v) is 4.53. The Hall–Kier alpha value is -2.17. The topological polar surface area (TPSA) is 72.5 Å². The van der Waals surface area contributed by atoms with E-state index in [0.29, 0.717) is 17.9 Å². The number of esters is 1. The third kappa shape index (κ3) is 6.13. The summed E-state index contributed by atoms with van der Waals surface area (Å²) in [5.41, 5.74) is 0.497. The molecule has 108 valence electrons. The molecule has 0 fully saturated rings. The highest BCUT2D eigenvalue weighted by Gasteiger charge is 2.08. The largest absolute Gasteiger partial charge is 0.426 e. The molecule has 0 atom stereocenters. The summed E-state index contributed by atoms with van der Waals surface area (Å²) < 4.78 is 5.16. The number of Topliss-reactive ketones (excluding diaryl/α,β-unsaturated/α-hetero) is 1. The van der Waals surface area contributed by atoms with Crippen molar-refractivity contribution in [2.75, 3.05) is 5.32 Å². The molecule has 0 radical (unpaired) electrons. The first-order valence-electron chi connectivity index (χ1n) is 6.61. The number of carbonyl (C=O) groups is 3. The summed E-state index contributed by atoms with van der Waals surface area (Å²) in [4.78, 5) is 33.8. The van der Waals surface area contributed by atoms with Crippen LogP contribution in [-0.4, -0.2) is 17.7 Å². The molecule has 5 nitrogen and oxygen atoms in total. The van der Waals surface area contributed by atoms with Gasteiger partial charge in [0.1, 0.15) is 11.5 Å². The third-order valence-electron chi connectivity index (χ3n) is 2.49. The van der Waals surface area contributed by atoms with Crippen LogP contribution in [0.5, 0.6) is 5.75 Å². The number of amides is 1. The van der Waals surface area contributed by atoms with Gasteiger partial charge in [0, 0.05) is 18.2 Å². The molecule has 0 spiro atoms. The first-order valence-corrected chi connectivity index (χ1v) is 6.61. The smallest absolute Gasteiger partial charge is 0.311 e. The van der Waals surface area contributed by atoms with Crippen molar-refractivity contribution in [1.29, 1.82) is 0 Å². The van der Waals surface area contributed by atoms with Gasteiger partial charge in [-0.25, -0.2) is 0 Å². The number of ether oxygens (including phenoxy) is 1. The fourth-order valence-electron chi connectivity index (χ4n) is 1.57. The summed E-state index contributed by atoms with van der Waals surface area (Å²) in [5, 5.41) is 2.58. The van der Waals surface area contributed by atoms with E-state index < -0.39 is 0 Å². The maximum Gasteiger partial charge on any atom is 0.311 e. The van der Waals surface area contributed by atoms with Gasteiger partial charge in [0.25, 0.3) is 0 Å². The quantitative estimate of drug-likeness (QED) is 0.472. The molecule has 1 aromatic carbocycles. The van der Waals surface area contributed by atoms with Gasteiger partial charge in [0.15, 0.2) is 0 Å². The molecule has 20 heavy (non-hydrogen) atoms. The molecular formula is C15H19NO4. The molecule has 0 aliphatic heterocycles. The monoisotopic (exact) mass is 277 g/mol. The van der Waals surface area contributed by atoms with Gasteiger partial charge in [0.05, 0.1) is 6.42 Å². The van der Waals surface area contributed by atoms with E-state index >= 15 is 0 Å². The molecule has 0 saturated carbocycles. The highest BCUT2D eigenvalue weighted by atomic mass is 16.5. The minimum Gasteiger partial charge on any atom is -0.426 e. The number of carbonyl (C=O) groups excluding carboxylic acids is 3. The minimum atomic E-state index is -0.382. The fraction of sp³-hybridized carbons (Fsp3) is 0.400. The third-order valence-corrected chi connectivity index (χ3v) is 2.49. The van der Waals surface area contributed by atoms with Crippen LogP contribution in [-0.2, 0) is 14.4 Å². The summed E-state index contributed by atoms with van der Waals surface area (Å²) in [6.45, 7) is 3.35. The van der Waals surface area contributed by atoms with E-state index in [9.17, 15) is 14.4 Å². The maximum atomic E-state index is 11.5. The highest BCUT2D eigenvalue weighted by Crippen LogP contribution is 2.18. The Labute approximate surface area is 118 Å². The van der Waals surface area contributed by atoms with Crippen LogP contribution in [0.3, 0.4) is 0 Å². The Balaban J connectivity index is 2.59. The first kappa shape index (κ1) is 15.9. The average molecular weight is 277 g/mol. The van der Waals surface area contributed by atoms with Crippen LogP contribution in [0.25, 0.3) is 0 Å². The van der Waals surface area contributed by atoms with Crippen molar-refractivity contribution in [1.82, 2.24) is 0 Å². The van der Waals surface area contributed by atoms with Crippen molar-refractivity contribution in [3.63, 3.8) is 0 Å². The highest BCUT2D eigenvalue weighted by molar-refractivity contribution is 6.03. The molecule has 0 unspecified atom stereocenters. The molecule has 5 heteroatoms. The Morgan fingerprint density at radius 3 is 2.65 bits per heavy atom. The maximum absolute atomic E-state index is 11.5. The standard InChI is InChI=1S/C15H19NO4/c1-3-4-8-15(19)20-13-7-5-6-12(10-13)16-14(18)9-11(2)17/h5-7,10H,3-4,8-9H2,1-2H3,(H,16,18). The average Bonchev–Trinajstić information content (AvgIpc) is 2.35. The zero-order chi connectivity index (χ0) is 15.0. The Kier molecular flexibility index (Phi) is 6.43. The lowest BCUT2D eigenvalue weighted by molar-refractivity contribution is -0.134. The van der Waals surface area contributed by atoms with E-state index in [1.165, 1.54) is 6.92 Å². The van der Waals surface area contributed by atoms with E-state index in [1.807, 2.05) is 6.92 Å².